The topological polar surface area (TPSA) is 76.5 Å². The second-order valence-electron chi connectivity index (χ2n) is 7.99. The number of hydrogen-bond donors (Lipinski definition) is 1. The summed E-state index contributed by atoms with van der Waals surface area (Å²) in [7, 11) is 0. The van der Waals surface area contributed by atoms with Crippen LogP contribution in [-0.4, -0.2) is 44.9 Å². The fraction of sp³-hybridized carbons (Fsp3) is 0.450. The number of rotatable bonds is 3. The van der Waals surface area contributed by atoms with E-state index in [1.807, 2.05) is 0 Å². The van der Waals surface area contributed by atoms with Crippen LogP contribution < -0.4 is 5.32 Å². The molecule has 2 heterocycles. The van der Waals surface area contributed by atoms with Crippen molar-refractivity contribution in [1.29, 1.82) is 0 Å². The van der Waals surface area contributed by atoms with Crippen molar-refractivity contribution in [2.75, 3.05) is 11.9 Å². The summed E-state index contributed by atoms with van der Waals surface area (Å²) in [5.74, 6) is -0.374. The van der Waals surface area contributed by atoms with Gasteiger partial charge < -0.3 is 10.1 Å². The van der Waals surface area contributed by atoms with Gasteiger partial charge in [-0.05, 0) is 63.9 Å². The fourth-order valence-electron chi connectivity index (χ4n) is 3.21. The van der Waals surface area contributed by atoms with Gasteiger partial charge in [-0.25, -0.2) is 9.48 Å². The minimum atomic E-state index is -4.53. The summed E-state index contributed by atoms with van der Waals surface area (Å²) in [5.41, 5.74) is -0.946. The van der Waals surface area contributed by atoms with Gasteiger partial charge >= 0.3 is 12.3 Å². The first kappa shape index (κ1) is 21.7. The van der Waals surface area contributed by atoms with Crippen LogP contribution >= 0.6 is 0 Å². The van der Waals surface area contributed by atoms with E-state index in [0.29, 0.717) is 25.1 Å². The van der Waals surface area contributed by atoms with Crippen LogP contribution in [0.15, 0.2) is 36.5 Å². The van der Waals surface area contributed by atoms with Gasteiger partial charge in [0.05, 0.1) is 11.9 Å². The molecular formula is C20H23F3N4O3. The molecule has 3 rings (SSSR count). The molecule has 0 spiro atoms. The number of halogens is 3. The Balaban J connectivity index is 1.69. The Labute approximate surface area is 171 Å². The van der Waals surface area contributed by atoms with E-state index in [1.165, 1.54) is 29.2 Å². The van der Waals surface area contributed by atoms with Gasteiger partial charge in [0.25, 0.3) is 0 Å². The van der Waals surface area contributed by atoms with Crippen LogP contribution in [0.5, 0.6) is 0 Å². The highest BCUT2D eigenvalue weighted by Crippen LogP contribution is 2.30. The average Bonchev–Trinajstić information content (AvgIpc) is 3.30. The Bertz CT molecular complexity index is 917. The molecule has 162 valence electrons. The number of alkyl halides is 3. The van der Waals surface area contributed by atoms with Gasteiger partial charge in [0.1, 0.15) is 17.3 Å². The maximum atomic E-state index is 13.0. The van der Waals surface area contributed by atoms with E-state index >= 15 is 0 Å². The van der Waals surface area contributed by atoms with E-state index in [-0.39, 0.29) is 11.6 Å². The van der Waals surface area contributed by atoms with E-state index in [0.717, 1.165) is 16.9 Å². The molecule has 30 heavy (non-hydrogen) atoms. The van der Waals surface area contributed by atoms with Crippen molar-refractivity contribution in [2.24, 2.45) is 0 Å². The number of nitrogens with one attached hydrogen (secondary N) is 1. The van der Waals surface area contributed by atoms with Gasteiger partial charge in [-0.1, -0.05) is 0 Å². The number of carbonyl (C=O) groups excluding carboxylic acids is 2. The molecule has 1 aliphatic rings. The molecule has 1 unspecified atom stereocenters. The third-order valence-electron chi connectivity index (χ3n) is 4.50. The predicted octanol–water partition coefficient (Wildman–Crippen LogP) is 4.23. The number of carbonyl (C=O) groups is 2. The fourth-order valence-corrected chi connectivity index (χ4v) is 3.21. The Morgan fingerprint density at radius 2 is 1.80 bits per heavy atom. The molecule has 0 bridgehead atoms. The summed E-state index contributed by atoms with van der Waals surface area (Å²) < 4.78 is 45.2. The highest BCUT2D eigenvalue weighted by molar-refractivity contribution is 5.96. The Hall–Kier alpha value is -3.04. The number of hydrogen-bond acceptors (Lipinski definition) is 4. The van der Waals surface area contributed by atoms with Crippen LogP contribution in [-0.2, 0) is 15.7 Å². The lowest BCUT2D eigenvalue weighted by Crippen LogP contribution is -2.45. The van der Waals surface area contributed by atoms with Gasteiger partial charge in [0, 0.05) is 12.2 Å². The molecule has 0 radical (unpaired) electrons. The van der Waals surface area contributed by atoms with Crippen LogP contribution in [0.25, 0.3) is 5.69 Å². The van der Waals surface area contributed by atoms with Gasteiger partial charge in [-0.2, -0.15) is 18.3 Å². The van der Waals surface area contributed by atoms with E-state index in [2.05, 4.69) is 10.4 Å². The van der Waals surface area contributed by atoms with Crippen LogP contribution in [0.4, 0.5) is 23.7 Å². The summed E-state index contributed by atoms with van der Waals surface area (Å²) >= 11 is 0. The number of likely N-dealkylation sites (tertiary alicyclic amines) is 1. The summed E-state index contributed by atoms with van der Waals surface area (Å²) in [6.07, 6.45) is -2.82. The minimum Gasteiger partial charge on any atom is -0.444 e. The van der Waals surface area contributed by atoms with Crippen LogP contribution in [0, 0.1) is 0 Å². The molecule has 2 aromatic rings. The van der Waals surface area contributed by atoms with E-state index in [1.54, 1.807) is 20.8 Å². The zero-order valence-corrected chi connectivity index (χ0v) is 16.9. The number of nitrogens with zero attached hydrogens (tertiary/aromatic N) is 3. The van der Waals surface area contributed by atoms with Crippen molar-refractivity contribution < 1.29 is 27.5 Å². The Kier molecular flexibility index (Phi) is 5.78. The van der Waals surface area contributed by atoms with Crippen molar-refractivity contribution in [3.05, 3.63) is 42.2 Å². The lowest BCUT2D eigenvalue weighted by Gasteiger charge is -2.28. The third-order valence-corrected chi connectivity index (χ3v) is 4.50. The maximum absolute atomic E-state index is 13.0. The van der Waals surface area contributed by atoms with Crippen LogP contribution in [0.1, 0.15) is 39.3 Å². The molecule has 1 fully saturated rings. The molecule has 1 aliphatic heterocycles. The van der Waals surface area contributed by atoms with Gasteiger partial charge in [-0.3, -0.25) is 9.69 Å². The molecule has 1 N–H and O–H groups in total. The second-order valence-corrected chi connectivity index (χ2v) is 7.99. The molecule has 1 aromatic carbocycles. The first-order chi connectivity index (χ1) is 14.0. The average molecular weight is 424 g/mol. The standard InChI is InChI=1S/C20H23F3N4O3/c1-19(2,3)30-18(29)26-12-4-5-15(26)17(28)25-13-6-8-14(9-7-13)27-16(10-11-24-27)20(21,22)23/h6-11,15H,4-5,12H2,1-3H3,(H,25,28). The molecule has 10 heteroatoms. The summed E-state index contributed by atoms with van der Waals surface area (Å²) in [6.45, 7) is 5.68. The lowest BCUT2D eigenvalue weighted by atomic mass is 10.2. The largest absolute Gasteiger partial charge is 0.444 e. The van der Waals surface area contributed by atoms with Crippen molar-refractivity contribution in [2.45, 2.75) is 51.4 Å². The van der Waals surface area contributed by atoms with E-state index in [4.69, 9.17) is 4.74 Å². The quantitative estimate of drug-likeness (QED) is 0.800. The molecule has 0 aliphatic carbocycles. The van der Waals surface area contributed by atoms with E-state index in [9.17, 15) is 22.8 Å². The zero-order valence-electron chi connectivity index (χ0n) is 16.9. The monoisotopic (exact) mass is 424 g/mol. The molecule has 1 aromatic heterocycles. The lowest BCUT2D eigenvalue weighted by molar-refractivity contribution is -0.142. The van der Waals surface area contributed by atoms with Gasteiger partial charge in [0.2, 0.25) is 5.91 Å². The van der Waals surface area contributed by atoms with Crippen molar-refractivity contribution >= 4 is 17.7 Å². The van der Waals surface area contributed by atoms with Gasteiger partial charge in [0.15, 0.2) is 0 Å². The number of amides is 2. The van der Waals surface area contributed by atoms with Crippen molar-refractivity contribution in [1.82, 2.24) is 14.7 Å². The number of anilines is 1. The first-order valence-corrected chi connectivity index (χ1v) is 9.48. The third kappa shape index (κ3) is 4.92. The molecule has 1 atom stereocenters. The number of ether oxygens (including phenoxy) is 1. The first-order valence-electron chi connectivity index (χ1n) is 9.48. The second kappa shape index (κ2) is 8.00. The highest BCUT2D eigenvalue weighted by Gasteiger charge is 2.37. The number of aromatic nitrogens is 2. The highest BCUT2D eigenvalue weighted by atomic mass is 19.4. The molecular weight excluding hydrogens is 401 g/mol. The normalized spacial score (nSPS) is 17.1. The van der Waals surface area contributed by atoms with E-state index < -0.39 is 29.6 Å². The summed E-state index contributed by atoms with van der Waals surface area (Å²) in [5, 5.41) is 6.42. The summed E-state index contributed by atoms with van der Waals surface area (Å²) in [6, 6.07) is 6.06. The minimum absolute atomic E-state index is 0.210. The van der Waals surface area contributed by atoms with Crippen molar-refractivity contribution in [3.8, 4) is 5.69 Å². The van der Waals surface area contributed by atoms with Crippen LogP contribution in [0.2, 0.25) is 0 Å². The Morgan fingerprint density at radius 3 is 2.40 bits per heavy atom. The van der Waals surface area contributed by atoms with Gasteiger partial charge in [-0.15, -0.1) is 0 Å². The molecule has 0 saturated carbocycles. The summed E-state index contributed by atoms with van der Waals surface area (Å²) in [4.78, 5) is 26.4. The Morgan fingerprint density at radius 1 is 1.13 bits per heavy atom. The SMILES string of the molecule is CC(C)(C)OC(=O)N1CCCC1C(=O)Nc1ccc(-n2nccc2C(F)(F)F)cc1. The maximum Gasteiger partial charge on any atom is 0.433 e. The predicted molar refractivity (Wildman–Crippen MR) is 103 cm³/mol. The van der Waals surface area contributed by atoms with Crippen molar-refractivity contribution in [3.63, 3.8) is 0 Å². The van der Waals surface area contributed by atoms with Crippen LogP contribution in [0.3, 0.4) is 0 Å². The molecule has 1 saturated heterocycles. The smallest absolute Gasteiger partial charge is 0.433 e. The zero-order chi connectivity index (χ0) is 22.1. The molecule has 7 nitrogen and oxygen atoms in total. The molecule has 2 amide bonds. The number of benzene rings is 1.